The maximum atomic E-state index is 13.6. The average molecular weight is 471 g/mol. The van der Waals surface area contributed by atoms with Crippen molar-refractivity contribution in [1.82, 2.24) is 15.1 Å². The third kappa shape index (κ3) is 5.26. The number of fused-ring (bicyclic) bond motifs is 1. The minimum Gasteiger partial charge on any atom is -0.378 e. The Balaban J connectivity index is 1.76. The van der Waals surface area contributed by atoms with Gasteiger partial charge in [-0.1, -0.05) is 27.7 Å². The fraction of sp³-hybridized carbons (Fsp3) is 0.615. The summed E-state index contributed by atoms with van der Waals surface area (Å²) in [5.74, 6) is -0.654. The third-order valence-electron chi connectivity index (χ3n) is 6.98. The quantitative estimate of drug-likeness (QED) is 0.630. The van der Waals surface area contributed by atoms with Crippen molar-refractivity contribution in [1.29, 1.82) is 0 Å². The first kappa shape index (κ1) is 25.7. The van der Waals surface area contributed by atoms with Crippen LogP contribution < -0.4 is 10.2 Å². The highest BCUT2D eigenvalue weighted by molar-refractivity contribution is 6.01. The van der Waals surface area contributed by atoms with Gasteiger partial charge in [0.25, 0.3) is 5.91 Å². The molecular formula is C26H38N4O4. The largest absolute Gasteiger partial charge is 0.378 e. The summed E-state index contributed by atoms with van der Waals surface area (Å²) >= 11 is 0. The summed E-state index contributed by atoms with van der Waals surface area (Å²) in [6.07, 6.45) is 1.76. The van der Waals surface area contributed by atoms with Crippen molar-refractivity contribution in [3.63, 3.8) is 0 Å². The van der Waals surface area contributed by atoms with Gasteiger partial charge in [0.1, 0.15) is 12.1 Å². The number of hydrogen-bond acceptors (Lipinski definition) is 5. The van der Waals surface area contributed by atoms with Crippen LogP contribution in [0.25, 0.3) is 0 Å². The van der Waals surface area contributed by atoms with Gasteiger partial charge in [0.2, 0.25) is 11.8 Å². The minimum absolute atomic E-state index is 0.0224. The average Bonchev–Trinajstić information content (AvgIpc) is 3.38. The molecule has 2 aliphatic heterocycles. The Bertz CT molecular complexity index is 927. The lowest BCUT2D eigenvalue weighted by molar-refractivity contribution is -0.138. The van der Waals surface area contributed by atoms with Gasteiger partial charge in [-0.2, -0.15) is 0 Å². The predicted molar refractivity (Wildman–Crippen MR) is 132 cm³/mol. The van der Waals surface area contributed by atoms with E-state index in [0.717, 1.165) is 5.69 Å². The molecule has 0 spiro atoms. The van der Waals surface area contributed by atoms with Crippen LogP contribution >= 0.6 is 0 Å². The lowest BCUT2D eigenvalue weighted by Crippen LogP contribution is -2.53. The molecule has 0 saturated carbocycles. The second-order valence-corrected chi connectivity index (χ2v) is 10.2. The molecule has 8 nitrogen and oxygen atoms in total. The molecule has 0 aromatic heterocycles. The van der Waals surface area contributed by atoms with E-state index in [-0.39, 0.29) is 47.9 Å². The second kappa shape index (κ2) is 10.6. The van der Waals surface area contributed by atoms with Crippen molar-refractivity contribution in [2.45, 2.75) is 65.1 Å². The van der Waals surface area contributed by atoms with E-state index < -0.39 is 12.1 Å². The molecular weight excluding hydrogens is 432 g/mol. The molecule has 0 aliphatic carbocycles. The fourth-order valence-corrected chi connectivity index (χ4v) is 4.86. The minimum atomic E-state index is -0.730. The van der Waals surface area contributed by atoms with Gasteiger partial charge in [-0.25, -0.2) is 0 Å². The van der Waals surface area contributed by atoms with Crippen molar-refractivity contribution in [2.24, 2.45) is 11.8 Å². The van der Waals surface area contributed by atoms with Crippen molar-refractivity contribution in [2.75, 3.05) is 32.1 Å². The van der Waals surface area contributed by atoms with Crippen LogP contribution in [0, 0.1) is 11.8 Å². The van der Waals surface area contributed by atoms with E-state index in [1.54, 1.807) is 21.9 Å². The number of rotatable bonds is 8. The molecule has 0 bridgehead atoms. The molecule has 1 aromatic rings. The predicted octanol–water partition coefficient (Wildman–Crippen LogP) is 2.32. The van der Waals surface area contributed by atoms with Gasteiger partial charge in [-0.3, -0.25) is 19.2 Å². The summed E-state index contributed by atoms with van der Waals surface area (Å²) in [5, 5.41) is 2.91. The van der Waals surface area contributed by atoms with Gasteiger partial charge < -0.3 is 20.0 Å². The lowest BCUT2D eigenvalue weighted by atomic mass is 10.0. The number of amides is 3. The number of ketones is 1. The van der Waals surface area contributed by atoms with E-state index in [1.165, 1.54) is 0 Å². The maximum Gasteiger partial charge on any atom is 0.251 e. The number of nitrogens with zero attached hydrogens (tertiary/aromatic N) is 3. The number of carbonyl (C=O) groups excluding carboxylic acids is 4. The maximum absolute atomic E-state index is 13.6. The van der Waals surface area contributed by atoms with Crippen molar-refractivity contribution in [3.8, 4) is 0 Å². The van der Waals surface area contributed by atoms with E-state index in [4.69, 9.17) is 0 Å². The molecule has 3 rings (SSSR count). The van der Waals surface area contributed by atoms with E-state index >= 15 is 0 Å². The highest BCUT2D eigenvalue weighted by Crippen LogP contribution is 2.32. The number of carbonyl (C=O) groups is 4. The number of hydrogen-bond donors (Lipinski definition) is 1. The van der Waals surface area contributed by atoms with Gasteiger partial charge in [-0.05, 0) is 49.4 Å². The molecule has 3 amide bonds. The van der Waals surface area contributed by atoms with Crippen LogP contribution in [0.15, 0.2) is 24.3 Å². The van der Waals surface area contributed by atoms with E-state index in [1.807, 2.05) is 58.8 Å². The van der Waals surface area contributed by atoms with Gasteiger partial charge in [0.05, 0.1) is 12.6 Å². The third-order valence-corrected chi connectivity index (χ3v) is 6.98. The Morgan fingerprint density at radius 3 is 2.26 bits per heavy atom. The summed E-state index contributed by atoms with van der Waals surface area (Å²) in [6, 6.07) is 5.59. The van der Waals surface area contributed by atoms with Crippen molar-refractivity contribution >= 4 is 29.2 Å². The normalized spacial score (nSPS) is 21.4. The Morgan fingerprint density at radius 2 is 1.71 bits per heavy atom. The van der Waals surface area contributed by atoms with Crippen LogP contribution in [0.3, 0.4) is 0 Å². The summed E-state index contributed by atoms with van der Waals surface area (Å²) in [6.45, 7) is 8.29. The standard InChI is InChI=1S/C26H38N4O4/c1-7-17(4)25(33)30-15-22(31)23-21(30)12-13-29(23)26(34)20(14-16(2)3)27-24(32)18-8-10-19(11-9-18)28(5)6/h8-11,16-17,20-21,23H,7,12-15H2,1-6H3,(H,27,32)/t17?,20-,21+,23-/m0/s1. The number of benzene rings is 1. The van der Waals surface area contributed by atoms with Crippen LogP contribution in [0.4, 0.5) is 5.69 Å². The van der Waals surface area contributed by atoms with Crippen LogP contribution in [-0.2, 0) is 14.4 Å². The molecule has 4 atom stereocenters. The molecule has 1 aromatic carbocycles. The van der Waals surface area contributed by atoms with Crippen molar-refractivity contribution < 1.29 is 19.2 Å². The van der Waals surface area contributed by atoms with Crippen LogP contribution in [0.2, 0.25) is 0 Å². The number of anilines is 1. The van der Waals surface area contributed by atoms with Gasteiger partial charge in [-0.15, -0.1) is 0 Å². The zero-order valence-corrected chi connectivity index (χ0v) is 21.2. The zero-order chi connectivity index (χ0) is 25.2. The Morgan fingerprint density at radius 1 is 1.06 bits per heavy atom. The van der Waals surface area contributed by atoms with Crippen LogP contribution in [0.1, 0.15) is 57.3 Å². The molecule has 1 unspecified atom stereocenters. The lowest BCUT2D eigenvalue weighted by Gasteiger charge is -2.29. The molecule has 2 saturated heterocycles. The monoisotopic (exact) mass is 470 g/mol. The van der Waals surface area contributed by atoms with Crippen LogP contribution in [-0.4, -0.2) is 78.6 Å². The number of likely N-dealkylation sites (tertiary alicyclic amines) is 2. The van der Waals surface area contributed by atoms with Gasteiger partial charge in [0.15, 0.2) is 5.78 Å². The zero-order valence-electron chi connectivity index (χ0n) is 21.2. The topological polar surface area (TPSA) is 90.0 Å². The van der Waals surface area contributed by atoms with Gasteiger partial charge in [0, 0.05) is 37.8 Å². The van der Waals surface area contributed by atoms with E-state index in [9.17, 15) is 19.2 Å². The van der Waals surface area contributed by atoms with Crippen molar-refractivity contribution in [3.05, 3.63) is 29.8 Å². The van der Waals surface area contributed by atoms with E-state index in [2.05, 4.69) is 5.32 Å². The fourth-order valence-electron chi connectivity index (χ4n) is 4.86. The summed E-state index contributed by atoms with van der Waals surface area (Å²) in [7, 11) is 3.86. The molecule has 186 valence electrons. The first-order valence-corrected chi connectivity index (χ1v) is 12.3. The molecule has 34 heavy (non-hydrogen) atoms. The molecule has 8 heteroatoms. The molecule has 1 N–H and O–H groups in total. The van der Waals surface area contributed by atoms with Crippen LogP contribution in [0.5, 0.6) is 0 Å². The number of Topliss-reactive ketones (excluding diaryl/α,β-unsaturated/α-hetero) is 1. The van der Waals surface area contributed by atoms with E-state index in [0.29, 0.717) is 31.4 Å². The molecule has 2 aliphatic rings. The Kier molecular flexibility index (Phi) is 8.00. The van der Waals surface area contributed by atoms with Gasteiger partial charge >= 0.3 is 0 Å². The summed E-state index contributed by atoms with van der Waals surface area (Å²) < 4.78 is 0. The Hall–Kier alpha value is -2.90. The second-order valence-electron chi connectivity index (χ2n) is 10.2. The highest BCUT2D eigenvalue weighted by atomic mass is 16.2. The highest BCUT2D eigenvalue weighted by Gasteiger charge is 2.52. The summed E-state index contributed by atoms with van der Waals surface area (Å²) in [5.41, 5.74) is 1.46. The Labute approximate surface area is 202 Å². The molecule has 0 radical (unpaired) electrons. The SMILES string of the molecule is CCC(C)C(=O)N1CC(=O)[C@@H]2[C@H]1CCN2C(=O)[C@H](CC(C)C)NC(=O)c1ccc(N(C)C)cc1. The summed E-state index contributed by atoms with van der Waals surface area (Å²) in [4.78, 5) is 57.5. The first-order chi connectivity index (χ1) is 16.0. The molecule has 2 heterocycles. The first-order valence-electron chi connectivity index (χ1n) is 12.3. The number of nitrogens with one attached hydrogen (secondary N) is 1. The molecule has 2 fully saturated rings. The smallest absolute Gasteiger partial charge is 0.251 e.